The maximum Gasteiger partial charge on any atom is 0.305 e. The van der Waals surface area contributed by atoms with Crippen LogP contribution in [0.4, 0.5) is 0 Å². The molecule has 110 valence electrons. The Morgan fingerprint density at radius 1 is 1.25 bits per heavy atom. The quantitative estimate of drug-likeness (QED) is 0.679. The standard InChI is InChI=1S/C15H21NO4/c1-2-9-20-10-8-14(17)16-13(11-15(18)19)12-6-4-3-5-7-12/h3-7,13H,2,8-11H2,1H3,(H,16,17)(H,18,19). The Labute approximate surface area is 118 Å². The van der Waals surface area contributed by atoms with Gasteiger partial charge in [0.1, 0.15) is 0 Å². The number of carboxylic acids is 1. The van der Waals surface area contributed by atoms with Gasteiger partial charge in [-0.2, -0.15) is 0 Å². The summed E-state index contributed by atoms with van der Waals surface area (Å²) < 4.78 is 5.24. The third-order valence-electron chi connectivity index (χ3n) is 2.74. The van der Waals surface area contributed by atoms with Crippen LogP contribution in [0.3, 0.4) is 0 Å². The second-order valence-electron chi connectivity index (χ2n) is 4.49. The summed E-state index contributed by atoms with van der Waals surface area (Å²) in [5.74, 6) is -1.14. The van der Waals surface area contributed by atoms with Gasteiger partial charge >= 0.3 is 5.97 Å². The van der Waals surface area contributed by atoms with Crippen molar-refractivity contribution in [2.45, 2.75) is 32.2 Å². The summed E-state index contributed by atoms with van der Waals surface area (Å²) in [6, 6.07) is 8.60. The Kier molecular flexibility index (Phi) is 7.35. The van der Waals surface area contributed by atoms with Gasteiger partial charge in [0.25, 0.3) is 0 Å². The lowest BCUT2D eigenvalue weighted by Crippen LogP contribution is -2.30. The van der Waals surface area contributed by atoms with E-state index in [4.69, 9.17) is 9.84 Å². The first kappa shape index (κ1) is 16.2. The van der Waals surface area contributed by atoms with Crippen molar-refractivity contribution in [3.8, 4) is 0 Å². The van der Waals surface area contributed by atoms with Gasteiger partial charge in [-0.15, -0.1) is 0 Å². The number of carboxylic acid groups (broad SMARTS) is 1. The van der Waals surface area contributed by atoms with E-state index in [-0.39, 0.29) is 18.7 Å². The molecule has 0 fully saturated rings. The van der Waals surface area contributed by atoms with Crippen LogP contribution in [0.15, 0.2) is 30.3 Å². The Balaban J connectivity index is 2.52. The van der Waals surface area contributed by atoms with Crippen LogP contribution >= 0.6 is 0 Å². The molecule has 2 N–H and O–H groups in total. The number of hydrogen-bond acceptors (Lipinski definition) is 3. The SMILES string of the molecule is CCCOCCC(=O)NC(CC(=O)O)c1ccccc1. The molecule has 20 heavy (non-hydrogen) atoms. The van der Waals surface area contributed by atoms with Gasteiger partial charge in [-0.05, 0) is 12.0 Å². The smallest absolute Gasteiger partial charge is 0.305 e. The summed E-state index contributed by atoms with van der Waals surface area (Å²) in [6.07, 6.45) is 1.02. The predicted molar refractivity (Wildman–Crippen MR) is 75.3 cm³/mol. The first-order chi connectivity index (χ1) is 9.63. The summed E-state index contributed by atoms with van der Waals surface area (Å²) in [4.78, 5) is 22.7. The van der Waals surface area contributed by atoms with Crippen molar-refractivity contribution >= 4 is 11.9 Å². The molecule has 0 aliphatic carbocycles. The molecule has 0 aliphatic rings. The number of hydrogen-bond donors (Lipinski definition) is 2. The number of ether oxygens (including phenoxy) is 1. The van der Waals surface area contributed by atoms with E-state index in [2.05, 4.69) is 5.32 Å². The number of rotatable bonds is 9. The van der Waals surface area contributed by atoms with Crippen LogP contribution in [-0.4, -0.2) is 30.2 Å². The third-order valence-corrected chi connectivity index (χ3v) is 2.74. The van der Waals surface area contributed by atoms with Gasteiger partial charge in [0.05, 0.1) is 19.1 Å². The highest BCUT2D eigenvalue weighted by Crippen LogP contribution is 2.16. The van der Waals surface area contributed by atoms with E-state index >= 15 is 0 Å². The normalized spacial score (nSPS) is 11.8. The minimum atomic E-state index is -0.943. The zero-order valence-corrected chi connectivity index (χ0v) is 11.7. The fourth-order valence-electron chi connectivity index (χ4n) is 1.79. The first-order valence-corrected chi connectivity index (χ1v) is 6.77. The molecular formula is C15H21NO4. The molecule has 0 saturated heterocycles. The summed E-state index contributed by atoms with van der Waals surface area (Å²) >= 11 is 0. The number of nitrogens with one attached hydrogen (secondary N) is 1. The van der Waals surface area contributed by atoms with Crippen molar-refractivity contribution in [3.05, 3.63) is 35.9 Å². The van der Waals surface area contributed by atoms with Gasteiger partial charge in [-0.3, -0.25) is 9.59 Å². The van der Waals surface area contributed by atoms with Crippen molar-refractivity contribution in [1.82, 2.24) is 5.32 Å². The van der Waals surface area contributed by atoms with Crippen LogP contribution < -0.4 is 5.32 Å². The largest absolute Gasteiger partial charge is 0.481 e. The van der Waals surface area contributed by atoms with Gasteiger partial charge < -0.3 is 15.2 Å². The fraction of sp³-hybridized carbons (Fsp3) is 0.467. The minimum absolute atomic E-state index is 0.133. The van der Waals surface area contributed by atoms with E-state index in [9.17, 15) is 9.59 Å². The lowest BCUT2D eigenvalue weighted by atomic mass is 10.0. The molecule has 0 heterocycles. The Bertz CT molecular complexity index is 419. The van der Waals surface area contributed by atoms with Gasteiger partial charge in [-0.1, -0.05) is 37.3 Å². The number of amides is 1. The molecule has 1 aromatic rings. The summed E-state index contributed by atoms with van der Waals surface area (Å²) in [7, 11) is 0. The highest BCUT2D eigenvalue weighted by molar-refractivity contribution is 5.77. The highest BCUT2D eigenvalue weighted by atomic mass is 16.5. The molecule has 1 atom stereocenters. The molecule has 5 heteroatoms. The van der Waals surface area contributed by atoms with Gasteiger partial charge in [0.15, 0.2) is 0 Å². The van der Waals surface area contributed by atoms with E-state index < -0.39 is 12.0 Å². The Morgan fingerprint density at radius 2 is 1.95 bits per heavy atom. The summed E-state index contributed by atoms with van der Waals surface area (Å²) in [5, 5.41) is 11.7. The monoisotopic (exact) mass is 279 g/mol. The Hall–Kier alpha value is -1.88. The van der Waals surface area contributed by atoms with Crippen molar-refractivity contribution in [1.29, 1.82) is 0 Å². The second-order valence-corrected chi connectivity index (χ2v) is 4.49. The zero-order valence-electron chi connectivity index (χ0n) is 11.7. The average Bonchev–Trinajstić information content (AvgIpc) is 2.43. The van der Waals surface area contributed by atoms with Crippen molar-refractivity contribution in [2.24, 2.45) is 0 Å². The molecule has 1 unspecified atom stereocenters. The number of carbonyl (C=O) groups is 2. The van der Waals surface area contributed by atoms with Gasteiger partial charge in [0, 0.05) is 13.0 Å². The van der Waals surface area contributed by atoms with E-state index in [1.165, 1.54) is 0 Å². The average molecular weight is 279 g/mol. The van der Waals surface area contributed by atoms with Crippen molar-refractivity contribution in [2.75, 3.05) is 13.2 Å². The van der Waals surface area contributed by atoms with Crippen LogP contribution in [0.1, 0.15) is 37.8 Å². The lowest BCUT2D eigenvalue weighted by molar-refractivity contribution is -0.137. The molecule has 5 nitrogen and oxygen atoms in total. The fourth-order valence-corrected chi connectivity index (χ4v) is 1.79. The maximum absolute atomic E-state index is 11.8. The molecule has 1 rings (SSSR count). The number of aliphatic carboxylic acids is 1. The van der Waals surface area contributed by atoms with E-state index in [0.717, 1.165) is 12.0 Å². The third kappa shape index (κ3) is 6.33. The molecule has 1 aromatic carbocycles. The number of benzene rings is 1. The van der Waals surface area contributed by atoms with E-state index in [0.29, 0.717) is 13.2 Å². The van der Waals surface area contributed by atoms with Crippen LogP contribution in [0.2, 0.25) is 0 Å². The number of carbonyl (C=O) groups excluding carboxylic acids is 1. The van der Waals surface area contributed by atoms with Crippen LogP contribution in [0.25, 0.3) is 0 Å². The first-order valence-electron chi connectivity index (χ1n) is 6.77. The van der Waals surface area contributed by atoms with E-state index in [1.807, 2.05) is 37.3 Å². The van der Waals surface area contributed by atoms with Crippen LogP contribution in [-0.2, 0) is 14.3 Å². The minimum Gasteiger partial charge on any atom is -0.481 e. The van der Waals surface area contributed by atoms with Crippen LogP contribution in [0.5, 0.6) is 0 Å². The van der Waals surface area contributed by atoms with Crippen LogP contribution in [0, 0.1) is 0 Å². The van der Waals surface area contributed by atoms with Gasteiger partial charge in [0.2, 0.25) is 5.91 Å². The molecule has 0 spiro atoms. The van der Waals surface area contributed by atoms with Gasteiger partial charge in [-0.25, -0.2) is 0 Å². The molecule has 0 saturated carbocycles. The molecule has 0 radical (unpaired) electrons. The predicted octanol–water partition coefficient (Wildman–Crippen LogP) is 2.14. The molecule has 0 aromatic heterocycles. The van der Waals surface area contributed by atoms with Crippen molar-refractivity contribution in [3.63, 3.8) is 0 Å². The maximum atomic E-state index is 11.8. The zero-order chi connectivity index (χ0) is 14.8. The van der Waals surface area contributed by atoms with E-state index in [1.54, 1.807) is 0 Å². The summed E-state index contributed by atoms with van der Waals surface area (Å²) in [5.41, 5.74) is 0.790. The Morgan fingerprint density at radius 3 is 2.55 bits per heavy atom. The molecule has 0 bridgehead atoms. The second kappa shape index (κ2) is 9.09. The lowest BCUT2D eigenvalue weighted by Gasteiger charge is -2.17. The summed E-state index contributed by atoms with van der Waals surface area (Å²) in [6.45, 7) is 2.98. The molecular weight excluding hydrogens is 258 g/mol. The molecule has 1 amide bonds. The van der Waals surface area contributed by atoms with Crippen molar-refractivity contribution < 1.29 is 19.4 Å². The topological polar surface area (TPSA) is 75.6 Å². The highest BCUT2D eigenvalue weighted by Gasteiger charge is 2.17. The molecule has 0 aliphatic heterocycles.